The molecule has 1 atom stereocenters. The zero-order valence-corrected chi connectivity index (χ0v) is 17.3. The topological polar surface area (TPSA) is 85.9 Å². The first kappa shape index (κ1) is 21.5. The molecule has 0 aliphatic rings. The Kier molecular flexibility index (Phi) is 7.22. The summed E-state index contributed by atoms with van der Waals surface area (Å²) in [5, 5.41) is 5.18. The Hall–Kier alpha value is -2.81. The lowest BCUT2D eigenvalue weighted by Crippen LogP contribution is -2.21. The van der Waals surface area contributed by atoms with Crippen LogP contribution in [-0.2, 0) is 4.79 Å². The normalized spacial score (nSPS) is 11.4. The molecule has 7 nitrogen and oxygen atoms in total. The smallest absolute Gasteiger partial charge is 0.258 e. The van der Waals surface area contributed by atoms with Crippen molar-refractivity contribution in [3.05, 3.63) is 41.7 Å². The van der Waals surface area contributed by atoms with Crippen LogP contribution in [0.4, 0.5) is 15.8 Å². The van der Waals surface area contributed by atoms with Gasteiger partial charge in [0, 0.05) is 23.5 Å². The van der Waals surface area contributed by atoms with Crippen LogP contribution in [0.15, 0.2) is 30.3 Å². The maximum absolute atomic E-state index is 14.2. The highest BCUT2D eigenvalue weighted by Crippen LogP contribution is 2.40. The molecule has 1 unspecified atom stereocenters. The van der Waals surface area contributed by atoms with Crippen LogP contribution in [0.5, 0.6) is 17.2 Å². The van der Waals surface area contributed by atoms with Crippen LogP contribution in [0.25, 0.3) is 0 Å². The second-order valence-corrected chi connectivity index (χ2v) is 7.04. The predicted octanol–water partition coefficient (Wildman–Crippen LogP) is 3.83. The van der Waals surface area contributed by atoms with Crippen LogP contribution in [0.1, 0.15) is 17.3 Å². The Labute approximate surface area is 170 Å². The average Bonchev–Trinajstić information content (AvgIpc) is 2.68. The summed E-state index contributed by atoms with van der Waals surface area (Å²) in [5.74, 6) is -0.704. The summed E-state index contributed by atoms with van der Waals surface area (Å²) < 4.78 is 29.9. The number of anilines is 2. The van der Waals surface area contributed by atoms with Crippen LogP contribution < -0.4 is 24.8 Å². The zero-order valence-electron chi connectivity index (χ0n) is 15.8. The molecule has 28 heavy (non-hydrogen) atoms. The van der Waals surface area contributed by atoms with Crippen molar-refractivity contribution < 1.29 is 28.2 Å². The number of methoxy groups -OCH3 is 3. The molecule has 2 N–H and O–H groups in total. The van der Waals surface area contributed by atoms with Crippen molar-refractivity contribution in [1.29, 1.82) is 0 Å². The molecule has 0 heterocycles. The van der Waals surface area contributed by atoms with E-state index in [1.165, 1.54) is 45.6 Å². The lowest BCUT2D eigenvalue weighted by Gasteiger charge is -2.15. The van der Waals surface area contributed by atoms with Crippen LogP contribution >= 0.6 is 15.9 Å². The molecule has 0 spiro atoms. The fourth-order valence-electron chi connectivity index (χ4n) is 2.37. The number of halogens is 2. The van der Waals surface area contributed by atoms with Gasteiger partial charge in [-0.25, -0.2) is 4.39 Å². The third-order valence-corrected chi connectivity index (χ3v) is 4.18. The fourth-order valence-corrected chi connectivity index (χ4v) is 2.48. The number of nitrogens with one attached hydrogen (secondary N) is 2. The molecule has 0 saturated carbocycles. The summed E-state index contributed by atoms with van der Waals surface area (Å²) in [6.45, 7) is 1.65. The molecular weight excluding hydrogens is 435 g/mol. The van der Waals surface area contributed by atoms with Crippen molar-refractivity contribution in [2.24, 2.45) is 0 Å². The van der Waals surface area contributed by atoms with E-state index in [9.17, 15) is 14.0 Å². The van der Waals surface area contributed by atoms with Gasteiger partial charge in [0.2, 0.25) is 11.7 Å². The van der Waals surface area contributed by atoms with E-state index >= 15 is 0 Å². The number of amides is 2. The SMILES string of the molecule is COc1cc(NC(=O)c2cc(NC(=O)C(C)Br)ccc2F)cc(OC)c1OC. The van der Waals surface area contributed by atoms with Crippen molar-refractivity contribution in [3.8, 4) is 17.2 Å². The number of carbonyl (C=O) groups excluding carboxylic acids is 2. The molecule has 9 heteroatoms. The van der Waals surface area contributed by atoms with E-state index in [1.807, 2.05) is 0 Å². The van der Waals surface area contributed by atoms with Gasteiger partial charge in [-0.15, -0.1) is 0 Å². The van der Waals surface area contributed by atoms with Gasteiger partial charge >= 0.3 is 0 Å². The monoisotopic (exact) mass is 454 g/mol. The van der Waals surface area contributed by atoms with Crippen molar-refractivity contribution in [1.82, 2.24) is 0 Å². The highest BCUT2D eigenvalue weighted by Gasteiger charge is 2.18. The number of benzene rings is 2. The molecule has 2 rings (SSSR count). The average molecular weight is 455 g/mol. The Morgan fingerprint density at radius 3 is 2.07 bits per heavy atom. The molecule has 0 fully saturated rings. The Bertz CT molecular complexity index is 864. The van der Waals surface area contributed by atoms with E-state index in [0.29, 0.717) is 28.6 Å². The van der Waals surface area contributed by atoms with Crippen molar-refractivity contribution in [3.63, 3.8) is 0 Å². The minimum absolute atomic E-state index is 0.228. The van der Waals surface area contributed by atoms with Crippen LogP contribution in [0, 0.1) is 5.82 Å². The number of hydrogen-bond acceptors (Lipinski definition) is 5. The highest BCUT2D eigenvalue weighted by molar-refractivity contribution is 9.10. The van der Waals surface area contributed by atoms with Crippen molar-refractivity contribution in [2.75, 3.05) is 32.0 Å². The molecule has 0 radical (unpaired) electrons. The second kappa shape index (κ2) is 9.41. The van der Waals surface area contributed by atoms with Crippen LogP contribution in [0.2, 0.25) is 0 Å². The van der Waals surface area contributed by atoms with Gasteiger partial charge in [-0.3, -0.25) is 9.59 Å². The molecule has 2 amide bonds. The summed E-state index contributed by atoms with van der Waals surface area (Å²) >= 11 is 3.14. The van der Waals surface area contributed by atoms with E-state index in [-0.39, 0.29) is 11.5 Å². The van der Waals surface area contributed by atoms with Crippen LogP contribution in [0.3, 0.4) is 0 Å². The molecule has 0 bridgehead atoms. The number of rotatable bonds is 7. The first-order valence-electron chi connectivity index (χ1n) is 8.16. The van der Waals surface area contributed by atoms with Gasteiger partial charge in [0.05, 0.1) is 31.7 Å². The number of ether oxygens (including phenoxy) is 3. The van der Waals surface area contributed by atoms with E-state index in [0.717, 1.165) is 6.07 Å². The zero-order chi connectivity index (χ0) is 20.8. The first-order chi connectivity index (χ1) is 13.3. The summed E-state index contributed by atoms with van der Waals surface area (Å²) in [6.07, 6.45) is 0. The Balaban J connectivity index is 2.31. The lowest BCUT2D eigenvalue weighted by molar-refractivity contribution is -0.115. The highest BCUT2D eigenvalue weighted by atomic mass is 79.9. The minimum atomic E-state index is -0.727. The van der Waals surface area contributed by atoms with E-state index < -0.39 is 16.6 Å². The Morgan fingerprint density at radius 1 is 0.964 bits per heavy atom. The van der Waals surface area contributed by atoms with Gasteiger partial charge in [0.1, 0.15) is 5.82 Å². The van der Waals surface area contributed by atoms with Crippen LogP contribution in [-0.4, -0.2) is 38.0 Å². The van der Waals surface area contributed by atoms with Gasteiger partial charge in [-0.1, -0.05) is 15.9 Å². The predicted molar refractivity (Wildman–Crippen MR) is 107 cm³/mol. The number of carbonyl (C=O) groups is 2. The quantitative estimate of drug-likeness (QED) is 0.620. The fraction of sp³-hybridized carbons (Fsp3) is 0.263. The van der Waals surface area contributed by atoms with E-state index in [2.05, 4.69) is 26.6 Å². The third-order valence-electron chi connectivity index (χ3n) is 3.76. The summed E-state index contributed by atoms with van der Waals surface area (Å²) in [4.78, 5) is 23.9. The van der Waals surface area contributed by atoms with E-state index in [1.54, 1.807) is 6.92 Å². The van der Waals surface area contributed by atoms with Crippen molar-refractivity contribution in [2.45, 2.75) is 11.8 Å². The second-order valence-electron chi connectivity index (χ2n) is 5.67. The number of alkyl halides is 1. The molecule has 2 aromatic rings. The minimum Gasteiger partial charge on any atom is -0.493 e. The summed E-state index contributed by atoms with van der Waals surface area (Å²) in [6, 6.07) is 6.79. The molecular formula is C19H20BrFN2O5. The Morgan fingerprint density at radius 2 is 1.57 bits per heavy atom. The standard InChI is InChI=1S/C19H20BrFN2O5/c1-10(20)18(24)22-11-5-6-14(21)13(7-11)19(25)23-12-8-15(26-2)17(28-4)16(9-12)27-3/h5-10H,1-4H3,(H,22,24)(H,23,25). The molecule has 0 aliphatic heterocycles. The third kappa shape index (κ3) is 4.92. The number of hydrogen-bond donors (Lipinski definition) is 2. The van der Waals surface area contributed by atoms with Gasteiger partial charge in [0.25, 0.3) is 5.91 Å². The van der Waals surface area contributed by atoms with Gasteiger partial charge in [-0.05, 0) is 25.1 Å². The molecule has 0 aliphatic carbocycles. The molecule has 0 saturated heterocycles. The molecule has 2 aromatic carbocycles. The maximum atomic E-state index is 14.2. The largest absolute Gasteiger partial charge is 0.493 e. The van der Waals surface area contributed by atoms with Gasteiger partial charge < -0.3 is 24.8 Å². The van der Waals surface area contributed by atoms with Gasteiger partial charge in [-0.2, -0.15) is 0 Å². The van der Waals surface area contributed by atoms with E-state index in [4.69, 9.17) is 14.2 Å². The lowest BCUT2D eigenvalue weighted by atomic mass is 10.1. The molecule has 0 aromatic heterocycles. The van der Waals surface area contributed by atoms with Crippen molar-refractivity contribution >= 4 is 39.1 Å². The summed E-state index contributed by atoms with van der Waals surface area (Å²) in [7, 11) is 4.35. The first-order valence-corrected chi connectivity index (χ1v) is 9.08. The summed E-state index contributed by atoms with van der Waals surface area (Å²) in [5.41, 5.74) is 0.393. The van der Waals surface area contributed by atoms with Gasteiger partial charge in [0.15, 0.2) is 11.5 Å². The maximum Gasteiger partial charge on any atom is 0.258 e. The molecule has 150 valence electrons.